The molecule has 2 rings (SSSR count). The molecule has 1 heterocycles. The molecule has 0 radical (unpaired) electrons. The number of carbonyl (C=O) groups is 1. The third kappa shape index (κ3) is 1.02. The Morgan fingerprint density at radius 1 is 1.75 bits per heavy atom. The molecule has 1 fully saturated rings. The first-order chi connectivity index (χ1) is 5.70. The van der Waals surface area contributed by atoms with Crippen molar-refractivity contribution in [3.63, 3.8) is 0 Å². The Balaban J connectivity index is 2.15. The molecule has 2 atom stereocenters. The van der Waals surface area contributed by atoms with Crippen molar-refractivity contribution in [2.45, 2.75) is 19.3 Å². The summed E-state index contributed by atoms with van der Waals surface area (Å²) >= 11 is 0. The predicted molar refractivity (Wildman–Crippen MR) is 41.9 cm³/mol. The van der Waals surface area contributed by atoms with Gasteiger partial charge in [-0.05, 0) is 25.0 Å². The van der Waals surface area contributed by atoms with E-state index in [0.29, 0.717) is 0 Å². The van der Waals surface area contributed by atoms with Gasteiger partial charge in [0.2, 0.25) is 0 Å². The zero-order valence-electron chi connectivity index (χ0n) is 6.78. The first-order valence-corrected chi connectivity index (χ1v) is 3.97. The van der Waals surface area contributed by atoms with Crippen LogP contribution in [0.5, 0.6) is 0 Å². The van der Waals surface area contributed by atoms with Gasteiger partial charge >= 0.3 is 5.97 Å². The van der Waals surface area contributed by atoms with Gasteiger partial charge in [-0.1, -0.05) is 0 Å². The molecule has 1 saturated carbocycles. The van der Waals surface area contributed by atoms with Crippen LogP contribution in [0.15, 0.2) is 16.7 Å². The monoisotopic (exact) mass is 166 g/mol. The van der Waals surface area contributed by atoms with Crippen molar-refractivity contribution in [3.05, 3.63) is 23.7 Å². The van der Waals surface area contributed by atoms with Crippen molar-refractivity contribution in [3.8, 4) is 0 Å². The van der Waals surface area contributed by atoms with E-state index in [-0.39, 0.29) is 11.8 Å². The van der Waals surface area contributed by atoms with E-state index in [9.17, 15) is 4.79 Å². The van der Waals surface area contributed by atoms with Gasteiger partial charge in [0, 0.05) is 5.92 Å². The van der Waals surface area contributed by atoms with E-state index in [1.165, 1.54) is 0 Å². The molecule has 1 aliphatic carbocycles. The first kappa shape index (κ1) is 7.40. The molecule has 0 amide bonds. The topological polar surface area (TPSA) is 50.4 Å². The summed E-state index contributed by atoms with van der Waals surface area (Å²) in [6.45, 7) is 1.94. The smallest absolute Gasteiger partial charge is 0.307 e. The van der Waals surface area contributed by atoms with Crippen molar-refractivity contribution in [2.75, 3.05) is 0 Å². The fourth-order valence-electron chi connectivity index (χ4n) is 1.52. The Kier molecular flexibility index (Phi) is 1.46. The molecule has 0 aliphatic heterocycles. The summed E-state index contributed by atoms with van der Waals surface area (Å²) in [7, 11) is 0. The van der Waals surface area contributed by atoms with E-state index >= 15 is 0 Å². The molecule has 0 bridgehead atoms. The highest BCUT2D eigenvalue weighted by molar-refractivity contribution is 5.75. The van der Waals surface area contributed by atoms with Crippen molar-refractivity contribution >= 4 is 5.97 Å². The standard InChI is InChI=1S/C9H10O3/c1-5-2-3-12-8(5)6-4-7(6)9(10)11/h2-3,6-7H,4H2,1H3,(H,10,11). The molecule has 3 nitrogen and oxygen atoms in total. The van der Waals surface area contributed by atoms with Gasteiger partial charge in [0.25, 0.3) is 0 Å². The molecule has 0 aromatic carbocycles. The zero-order chi connectivity index (χ0) is 8.72. The third-order valence-corrected chi connectivity index (χ3v) is 2.35. The molecule has 64 valence electrons. The molecular weight excluding hydrogens is 156 g/mol. The van der Waals surface area contributed by atoms with Gasteiger partial charge in [-0.25, -0.2) is 0 Å². The highest BCUT2D eigenvalue weighted by Crippen LogP contribution is 2.48. The summed E-state index contributed by atoms with van der Waals surface area (Å²) in [6, 6.07) is 1.87. The summed E-state index contributed by atoms with van der Waals surface area (Å²) in [6.07, 6.45) is 2.34. The first-order valence-electron chi connectivity index (χ1n) is 3.97. The third-order valence-electron chi connectivity index (χ3n) is 2.35. The molecule has 1 aromatic heterocycles. The summed E-state index contributed by atoms with van der Waals surface area (Å²) < 4.78 is 5.21. The number of carboxylic acid groups (broad SMARTS) is 1. The summed E-state index contributed by atoms with van der Waals surface area (Å²) in [5.41, 5.74) is 1.06. The summed E-state index contributed by atoms with van der Waals surface area (Å²) in [5.74, 6) is 0.0468. The molecule has 3 heteroatoms. The van der Waals surface area contributed by atoms with Crippen LogP contribution in [0.1, 0.15) is 23.7 Å². The van der Waals surface area contributed by atoms with Crippen LogP contribution >= 0.6 is 0 Å². The maximum atomic E-state index is 10.5. The van der Waals surface area contributed by atoms with Crippen molar-refractivity contribution < 1.29 is 14.3 Å². The Labute approximate surface area is 70.0 Å². The minimum Gasteiger partial charge on any atom is -0.481 e. The largest absolute Gasteiger partial charge is 0.481 e. The SMILES string of the molecule is Cc1ccoc1C1CC1C(=O)O. The van der Waals surface area contributed by atoms with Crippen LogP contribution in [0.3, 0.4) is 0 Å². The Morgan fingerprint density at radius 3 is 2.92 bits per heavy atom. The lowest BCUT2D eigenvalue weighted by atomic mass is 10.2. The zero-order valence-corrected chi connectivity index (χ0v) is 6.78. The van der Waals surface area contributed by atoms with Gasteiger partial charge in [0.1, 0.15) is 5.76 Å². The lowest BCUT2D eigenvalue weighted by Crippen LogP contribution is -1.98. The van der Waals surface area contributed by atoms with Crippen molar-refractivity contribution in [1.29, 1.82) is 0 Å². The Morgan fingerprint density at radius 2 is 2.50 bits per heavy atom. The van der Waals surface area contributed by atoms with Crippen LogP contribution in [0.2, 0.25) is 0 Å². The molecule has 1 aliphatic rings. The molecule has 2 unspecified atom stereocenters. The molecular formula is C9H10O3. The second-order valence-corrected chi connectivity index (χ2v) is 3.25. The van der Waals surface area contributed by atoms with Crippen LogP contribution in [0, 0.1) is 12.8 Å². The normalized spacial score (nSPS) is 27.1. The lowest BCUT2D eigenvalue weighted by Gasteiger charge is -1.93. The second-order valence-electron chi connectivity index (χ2n) is 3.25. The molecule has 1 N–H and O–H groups in total. The summed E-state index contributed by atoms with van der Waals surface area (Å²) in [5, 5.41) is 8.67. The molecule has 12 heavy (non-hydrogen) atoms. The van der Waals surface area contributed by atoms with Gasteiger partial charge in [0.05, 0.1) is 12.2 Å². The number of aryl methyl sites for hydroxylation is 1. The van der Waals surface area contributed by atoms with Gasteiger partial charge < -0.3 is 9.52 Å². The number of rotatable bonds is 2. The number of carboxylic acids is 1. The average Bonchev–Trinajstić information content (AvgIpc) is 2.70. The van der Waals surface area contributed by atoms with Crippen molar-refractivity contribution in [1.82, 2.24) is 0 Å². The molecule has 0 saturated heterocycles. The second kappa shape index (κ2) is 2.37. The van der Waals surface area contributed by atoms with E-state index in [4.69, 9.17) is 9.52 Å². The quantitative estimate of drug-likeness (QED) is 0.728. The van der Waals surface area contributed by atoms with Gasteiger partial charge in [0.15, 0.2) is 0 Å². The van der Waals surface area contributed by atoms with E-state index in [0.717, 1.165) is 17.7 Å². The van der Waals surface area contributed by atoms with Crippen LogP contribution in [-0.4, -0.2) is 11.1 Å². The van der Waals surface area contributed by atoms with Crippen LogP contribution < -0.4 is 0 Å². The fraction of sp³-hybridized carbons (Fsp3) is 0.444. The minimum atomic E-state index is -0.712. The number of furan rings is 1. The van der Waals surface area contributed by atoms with Crippen molar-refractivity contribution in [2.24, 2.45) is 5.92 Å². The van der Waals surface area contributed by atoms with E-state index < -0.39 is 5.97 Å². The van der Waals surface area contributed by atoms with Gasteiger partial charge in [-0.2, -0.15) is 0 Å². The summed E-state index contributed by atoms with van der Waals surface area (Å²) in [4.78, 5) is 10.5. The predicted octanol–water partition coefficient (Wildman–Crippen LogP) is 1.78. The van der Waals surface area contributed by atoms with Crippen LogP contribution in [-0.2, 0) is 4.79 Å². The van der Waals surface area contributed by atoms with Crippen LogP contribution in [0.4, 0.5) is 0 Å². The van der Waals surface area contributed by atoms with E-state index in [2.05, 4.69) is 0 Å². The maximum absolute atomic E-state index is 10.5. The highest BCUT2D eigenvalue weighted by atomic mass is 16.4. The fourth-order valence-corrected chi connectivity index (χ4v) is 1.52. The van der Waals surface area contributed by atoms with Gasteiger partial charge in [-0.3, -0.25) is 4.79 Å². The highest BCUT2D eigenvalue weighted by Gasteiger charge is 2.46. The van der Waals surface area contributed by atoms with E-state index in [1.54, 1.807) is 6.26 Å². The molecule has 0 spiro atoms. The minimum absolute atomic E-state index is 0.123. The molecule has 1 aromatic rings. The number of hydrogen-bond donors (Lipinski definition) is 1. The number of hydrogen-bond acceptors (Lipinski definition) is 2. The lowest BCUT2D eigenvalue weighted by molar-refractivity contribution is -0.138. The Bertz CT molecular complexity index is 313. The maximum Gasteiger partial charge on any atom is 0.307 e. The Hall–Kier alpha value is -1.25. The number of aliphatic carboxylic acids is 1. The van der Waals surface area contributed by atoms with Crippen LogP contribution in [0.25, 0.3) is 0 Å². The average molecular weight is 166 g/mol. The van der Waals surface area contributed by atoms with Gasteiger partial charge in [-0.15, -0.1) is 0 Å². The van der Waals surface area contributed by atoms with E-state index in [1.807, 2.05) is 13.0 Å².